The lowest BCUT2D eigenvalue weighted by Crippen LogP contribution is -2.57. The Bertz CT molecular complexity index is 931. The van der Waals surface area contributed by atoms with Crippen LogP contribution in [-0.4, -0.2) is 35.7 Å². The van der Waals surface area contributed by atoms with Crippen molar-refractivity contribution in [1.29, 1.82) is 0 Å². The van der Waals surface area contributed by atoms with Crippen molar-refractivity contribution in [3.05, 3.63) is 59.2 Å². The molecule has 2 aromatic carbocycles. The minimum absolute atomic E-state index is 0.199. The van der Waals surface area contributed by atoms with E-state index in [-0.39, 0.29) is 15.5 Å². The van der Waals surface area contributed by atoms with E-state index in [9.17, 15) is 4.79 Å². The SMILES string of the molecule is CCCC[C@@]12c3cc(OC)c(OC)cc3CCN1C(=O)S[C@@]2(C)Cc1ccccc1. The lowest BCUT2D eigenvalue weighted by Gasteiger charge is -2.51. The molecule has 2 aromatic rings. The minimum atomic E-state index is -0.353. The molecule has 1 saturated heterocycles. The summed E-state index contributed by atoms with van der Waals surface area (Å²) in [4.78, 5) is 15.5. The molecule has 0 radical (unpaired) electrons. The maximum absolute atomic E-state index is 13.3. The van der Waals surface area contributed by atoms with Gasteiger partial charge in [0.25, 0.3) is 5.24 Å². The van der Waals surface area contributed by atoms with Crippen LogP contribution in [0, 0.1) is 0 Å². The van der Waals surface area contributed by atoms with Crippen LogP contribution >= 0.6 is 11.8 Å². The van der Waals surface area contributed by atoms with E-state index < -0.39 is 0 Å². The molecule has 1 fully saturated rings. The van der Waals surface area contributed by atoms with Gasteiger partial charge in [0.05, 0.1) is 24.5 Å². The number of benzene rings is 2. The summed E-state index contributed by atoms with van der Waals surface area (Å²) < 4.78 is 11.0. The van der Waals surface area contributed by atoms with Crippen molar-refractivity contribution in [3.63, 3.8) is 0 Å². The molecular formula is C25H31NO3S. The molecule has 2 aliphatic heterocycles. The normalized spacial score (nSPS) is 25.1. The zero-order valence-electron chi connectivity index (χ0n) is 18.4. The third-order valence-corrected chi connectivity index (χ3v) is 8.13. The molecule has 0 saturated carbocycles. The number of unbranched alkanes of at least 4 members (excludes halogenated alkanes) is 1. The van der Waals surface area contributed by atoms with E-state index in [1.807, 2.05) is 6.07 Å². The molecule has 0 spiro atoms. The second kappa shape index (κ2) is 8.18. The van der Waals surface area contributed by atoms with Gasteiger partial charge in [0.2, 0.25) is 0 Å². The number of rotatable bonds is 7. The van der Waals surface area contributed by atoms with Crippen LogP contribution in [0.1, 0.15) is 49.8 Å². The second-order valence-electron chi connectivity index (χ2n) is 8.49. The van der Waals surface area contributed by atoms with Crippen LogP contribution in [0.25, 0.3) is 0 Å². The van der Waals surface area contributed by atoms with E-state index in [1.54, 1.807) is 14.2 Å². The van der Waals surface area contributed by atoms with E-state index in [0.717, 1.165) is 50.1 Å². The summed E-state index contributed by atoms with van der Waals surface area (Å²) in [5.74, 6) is 1.50. The number of amides is 1. The number of methoxy groups -OCH3 is 2. The van der Waals surface area contributed by atoms with Crippen LogP contribution < -0.4 is 9.47 Å². The highest BCUT2D eigenvalue weighted by Gasteiger charge is 2.63. The fraction of sp³-hybridized carbons (Fsp3) is 0.480. The molecule has 2 atom stereocenters. The summed E-state index contributed by atoms with van der Waals surface area (Å²) >= 11 is 1.52. The molecule has 1 amide bonds. The highest BCUT2D eigenvalue weighted by molar-refractivity contribution is 8.15. The molecule has 0 bridgehead atoms. The van der Waals surface area contributed by atoms with E-state index in [1.165, 1.54) is 28.5 Å². The first-order valence-electron chi connectivity index (χ1n) is 10.8. The number of ether oxygens (including phenoxy) is 2. The Morgan fingerprint density at radius 2 is 1.80 bits per heavy atom. The number of thioether (sulfide) groups is 1. The van der Waals surface area contributed by atoms with Crippen LogP contribution in [0.3, 0.4) is 0 Å². The largest absolute Gasteiger partial charge is 0.493 e. The quantitative estimate of drug-likeness (QED) is 0.561. The van der Waals surface area contributed by atoms with Crippen molar-refractivity contribution in [1.82, 2.24) is 4.90 Å². The molecule has 0 aromatic heterocycles. The van der Waals surface area contributed by atoms with Crippen LogP contribution in [0.15, 0.2) is 42.5 Å². The van der Waals surface area contributed by atoms with Gasteiger partial charge >= 0.3 is 0 Å². The number of nitrogens with zero attached hydrogens (tertiary/aromatic N) is 1. The van der Waals surface area contributed by atoms with Crippen LogP contribution in [0.5, 0.6) is 11.5 Å². The number of hydrogen-bond acceptors (Lipinski definition) is 4. The van der Waals surface area contributed by atoms with Crippen molar-refractivity contribution < 1.29 is 14.3 Å². The number of carbonyl (C=O) groups excluding carboxylic acids is 1. The van der Waals surface area contributed by atoms with Gasteiger partial charge in [-0.25, -0.2) is 0 Å². The Morgan fingerprint density at radius 3 is 2.47 bits per heavy atom. The Kier molecular flexibility index (Phi) is 5.75. The van der Waals surface area contributed by atoms with Gasteiger partial charge in [-0.2, -0.15) is 0 Å². The molecule has 4 rings (SSSR count). The monoisotopic (exact) mass is 425 g/mol. The number of fused-ring (bicyclic) bond motifs is 3. The predicted octanol–water partition coefficient (Wildman–Crippen LogP) is 5.82. The van der Waals surface area contributed by atoms with Crippen molar-refractivity contribution in [3.8, 4) is 11.5 Å². The zero-order chi connectivity index (χ0) is 21.4. The van der Waals surface area contributed by atoms with Crippen molar-refractivity contribution in [2.75, 3.05) is 20.8 Å². The minimum Gasteiger partial charge on any atom is -0.493 e. The van der Waals surface area contributed by atoms with Crippen molar-refractivity contribution >= 4 is 17.0 Å². The van der Waals surface area contributed by atoms with Crippen LogP contribution in [0.2, 0.25) is 0 Å². The Morgan fingerprint density at radius 1 is 1.10 bits per heavy atom. The fourth-order valence-electron chi connectivity index (χ4n) is 5.37. The average molecular weight is 426 g/mol. The average Bonchev–Trinajstić information content (AvgIpc) is 2.98. The highest BCUT2D eigenvalue weighted by Crippen LogP contribution is 2.61. The first-order valence-corrected chi connectivity index (χ1v) is 11.6. The zero-order valence-corrected chi connectivity index (χ0v) is 19.2. The standard InChI is InChI=1S/C25H31NO3S/c1-5-6-13-25-20-16-22(29-4)21(28-3)15-19(20)12-14-26(25)23(27)30-24(25,2)17-18-10-8-7-9-11-18/h7-11,15-16H,5-6,12-14,17H2,1-4H3/t24-,25-/m0/s1. The molecule has 5 heteroatoms. The lowest BCUT2D eigenvalue weighted by atomic mass is 9.67. The molecular weight excluding hydrogens is 394 g/mol. The maximum atomic E-state index is 13.3. The molecule has 2 heterocycles. The Balaban J connectivity index is 1.92. The molecule has 0 N–H and O–H groups in total. The molecule has 2 aliphatic rings. The summed E-state index contributed by atoms with van der Waals surface area (Å²) in [7, 11) is 3.36. The van der Waals surface area contributed by atoms with Gasteiger partial charge in [-0.3, -0.25) is 4.79 Å². The summed E-state index contributed by atoms with van der Waals surface area (Å²) in [6.07, 6.45) is 4.81. The molecule has 160 valence electrons. The number of hydrogen-bond donors (Lipinski definition) is 0. The molecule has 4 nitrogen and oxygen atoms in total. The van der Waals surface area contributed by atoms with Gasteiger partial charge < -0.3 is 14.4 Å². The van der Waals surface area contributed by atoms with Gasteiger partial charge in [0, 0.05) is 6.54 Å². The van der Waals surface area contributed by atoms with Gasteiger partial charge in [0.15, 0.2) is 11.5 Å². The Hall–Kier alpha value is -2.14. The predicted molar refractivity (Wildman–Crippen MR) is 123 cm³/mol. The molecule has 30 heavy (non-hydrogen) atoms. The van der Waals surface area contributed by atoms with E-state index >= 15 is 0 Å². The number of carbonyl (C=O) groups is 1. The smallest absolute Gasteiger partial charge is 0.283 e. The second-order valence-corrected chi connectivity index (χ2v) is 9.95. The first-order chi connectivity index (χ1) is 14.5. The van der Waals surface area contributed by atoms with Crippen molar-refractivity contribution in [2.24, 2.45) is 0 Å². The summed E-state index contributed by atoms with van der Waals surface area (Å²) in [6.45, 7) is 5.25. The van der Waals surface area contributed by atoms with E-state index in [0.29, 0.717) is 0 Å². The van der Waals surface area contributed by atoms with E-state index in [4.69, 9.17) is 9.47 Å². The van der Waals surface area contributed by atoms with Crippen molar-refractivity contribution in [2.45, 2.75) is 56.2 Å². The van der Waals surface area contributed by atoms with Gasteiger partial charge in [-0.05, 0) is 55.0 Å². The summed E-state index contributed by atoms with van der Waals surface area (Å²) in [6, 6.07) is 14.8. The fourth-order valence-corrected chi connectivity index (χ4v) is 6.84. The summed E-state index contributed by atoms with van der Waals surface area (Å²) in [5.41, 5.74) is 3.42. The lowest BCUT2D eigenvalue weighted by molar-refractivity contribution is 0.0849. The topological polar surface area (TPSA) is 38.8 Å². The van der Waals surface area contributed by atoms with Gasteiger partial charge in [0.1, 0.15) is 0 Å². The van der Waals surface area contributed by atoms with Gasteiger partial charge in [-0.15, -0.1) is 0 Å². The highest BCUT2D eigenvalue weighted by atomic mass is 32.2. The Labute approximate surface area is 183 Å². The molecule has 0 aliphatic carbocycles. The third-order valence-electron chi connectivity index (χ3n) is 6.80. The first kappa shape index (κ1) is 21.1. The van der Waals surface area contributed by atoms with Gasteiger partial charge in [-0.1, -0.05) is 61.9 Å². The molecule has 0 unspecified atom stereocenters. The third kappa shape index (κ3) is 3.18. The van der Waals surface area contributed by atoms with Crippen LogP contribution in [-0.2, 0) is 18.4 Å². The van der Waals surface area contributed by atoms with Crippen LogP contribution in [0.4, 0.5) is 4.79 Å². The summed E-state index contributed by atoms with van der Waals surface area (Å²) in [5, 5.41) is 0.199. The van der Waals surface area contributed by atoms with E-state index in [2.05, 4.69) is 55.1 Å². The maximum Gasteiger partial charge on any atom is 0.283 e.